The maximum absolute atomic E-state index is 11.8. The van der Waals surface area contributed by atoms with E-state index in [0.717, 1.165) is 5.56 Å². The largest absolute Gasteiger partial charge is 0.396 e. The fourth-order valence-electron chi connectivity index (χ4n) is 1.83. The summed E-state index contributed by atoms with van der Waals surface area (Å²) in [6, 6.07) is 7.34. The summed E-state index contributed by atoms with van der Waals surface area (Å²) in [6.45, 7) is 4.36. The number of ether oxygens (including phenoxy) is 1. The molecule has 4 nitrogen and oxygen atoms in total. The monoisotopic (exact) mass is 299 g/mol. The lowest BCUT2D eigenvalue weighted by atomic mass is 10.0. The van der Waals surface area contributed by atoms with Crippen molar-refractivity contribution in [1.82, 2.24) is 5.32 Å². The molecule has 1 aromatic carbocycles. The van der Waals surface area contributed by atoms with Crippen molar-refractivity contribution in [3.63, 3.8) is 0 Å². The number of hydrogen-bond donors (Lipinski definition) is 2. The molecular weight excluding hydrogens is 278 g/mol. The third-order valence-corrected chi connectivity index (χ3v) is 3.41. The van der Waals surface area contributed by atoms with Crippen molar-refractivity contribution in [3.05, 3.63) is 34.9 Å². The molecule has 0 aliphatic heterocycles. The second-order valence-corrected chi connectivity index (χ2v) is 5.42. The van der Waals surface area contributed by atoms with Gasteiger partial charge in [0.15, 0.2) is 0 Å². The van der Waals surface area contributed by atoms with Gasteiger partial charge in [-0.15, -0.1) is 0 Å². The number of rotatable bonds is 8. The highest BCUT2D eigenvalue weighted by molar-refractivity contribution is 6.31. The summed E-state index contributed by atoms with van der Waals surface area (Å²) in [7, 11) is 0. The Labute approximate surface area is 125 Å². The predicted octanol–water partition coefficient (Wildman–Crippen LogP) is 2.38. The SMILES string of the molecule is CC(C)C(CCO)NC(=O)COCc1ccccc1Cl. The molecule has 1 amide bonds. The van der Waals surface area contributed by atoms with Crippen LogP contribution in [0.5, 0.6) is 0 Å². The van der Waals surface area contributed by atoms with E-state index in [9.17, 15) is 4.79 Å². The molecule has 1 aromatic rings. The van der Waals surface area contributed by atoms with Crippen molar-refractivity contribution < 1.29 is 14.6 Å². The molecule has 0 radical (unpaired) electrons. The first kappa shape index (κ1) is 17.0. The molecule has 0 saturated carbocycles. The lowest BCUT2D eigenvalue weighted by Gasteiger charge is -2.21. The lowest BCUT2D eigenvalue weighted by molar-refractivity contribution is -0.127. The van der Waals surface area contributed by atoms with Crippen LogP contribution in [0.15, 0.2) is 24.3 Å². The Bertz CT molecular complexity index is 423. The Kier molecular flexibility index (Phi) is 7.59. The van der Waals surface area contributed by atoms with Crippen LogP contribution >= 0.6 is 11.6 Å². The first-order chi connectivity index (χ1) is 9.54. The van der Waals surface area contributed by atoms with E-state index in [1.807, 2.05) is 32.0 Å². The summed E-state index contributed by atoms with van der Waals surface area (Å²) in [5.74, 6) is 0.0962. The van der Waals surface area contributed by atoms with Crippen molar-refractivity contribution >= 4 is 17.5 Å². The maximum atomic E-state index is 11.8. The Balaban J connectivity index is 2.34. The van der Waals surface area contributed by atoms with Crippen LogP contribution in [0.4, 0.5) is 0 Å². The summed E-state index contributed by atoms with van der Waals surface area (Å²) in [4.78, 5) is 11.8. The fourth-order valence-corrected chi connectivity index (χ4v) is 2.02. The molecular formula is C15H22ClNO3. The molecule has 0 aliphatic carbocycles. The van der Waals surface area contributed by atoms with E-state index in [1.54, 1.807) is 6.07 Å². The van der Waals surface area contributed by atoms with Crippen molar-refractivity contribution in [2.24, 2.45) is 5.92 Å². The molecule has 2 N–H and O–H groups in total. The third kappa shape index (κ3) is 5.90. The topological polar surface area (TPSA) is 58.6 Å². The highest BCUT2D eigenvalue weighted by Crippen LogP contribution is 2.15. The van der Waals surface area contributed by atoms with E-state index < -0.39 is 0 Å². The van der Waals surface area contributed by atoms with Crippen LogP contribution in [-0.4, -0.2) is 30.3 Å². The predicted molar refractivity (Wildman–Crippen MR) is 79.6 cm³/mol. The first-order valence-corrected chi connectivity index (χ1v) is 7.13. The highest BCUT2D eigenvalue weighted by Gasteiger charge is 2.15. The van der Waals surface area contributed by atoms with E-state index in [2.05, 4.69) is 5.32 Å². The summed E-state index contributed by atoms with van der Waals surface area (Å²) in [5, 5.41) is 12.5. The summed E-state index contributed by atoms with van der Waals surface area (Å²) < 4.78 is 5.36. The molecule has 0 bridgehead atoms. The zero-order chi connectivity index (χ0) is 15.0. The Hall–Kier alpha value is -1.10. The average Bonchev–Trinajstić information content (AvgIpc) is 2.40. The van der Waals surface area contributed by atoms with E-state index >= 15 is 0 Å². The number of carbonyl (C=O) groups excluding carboxylic acids is 1. The highest BCUT2D eigenvalue weighted by atomic mass is 35.5. The van der Waals surface area contributed by atoms with Gasteiger partial charge in [-0.3, -0.25) is 4.79 Å². The van der Waals surface area contributed by atoms with Gasteiger partial charge in [-0.05, 0) is 24.0 Å². The molecule has 112 valence electrons. The van der Waals surface area contributed by atoms with Gasteiger partial charge >= 0.3 is 0 Å². The number of halogens is 1. The second-order valence-electron chi connectivity index (χ2n) is 5.01. The number of carbonyl (C=O) groups is 1. The molecule has 0 aromatic heterocycles. The van der Waals surface area contributed by atoms with Gasteiger partial charge in [0, 0.05) is 17.7 Å². The molecule has 0 saturated heterocycles. The van der Waals surface area contributed by atoms with E-state index in [4.69, 9.17) is 21.4 Å². The smallest absolute Gasteiger partial charge is 0.246 e. The number of amides is 1. The van der Waals surface area contributed by atoms with Crippen LogP contribution in [0.25, 0.3) is 0 Å². The van der Waals surface area contributed by atoms with E-state index in [1.165, 1.54) is 0 Å². The van der Waals surface area contributed by atoms with Crippen molar-refractivity contribution in [2.75, 3.05) is 13.2 Å². The maximum Gasteiger partial charge on any atom is 0.246 e. The van der Waals surface area contributed by atoms with Crippen LogP contribution in [0.2, 0.25) is 5.02 Å². The van der Waals surface area contributed by atoms with Crippen molar-refractivity contribution in [3.8, 4) is 0 Å². The summed E-state index contributed by atoms with van der Waals surface area (Å²) in [5.41, 5.74) is 0.859. The molecule has 0 heterocycles. The third-order valence-electron chi connectivity index (χ3n) is 3.04. The first-order valence-electron chi connectivity index (χ1n) is 6.76. The van der Waals surface area contributed by atoms with Gasteiger partial charge in [0.2, 0.25) is 5.91 Å². The van der Waals surface area contributed by atoms with E-state index in [0.29, 0.717) is 18.1 Å². The molecule has 0 fully saturated rings. The van der Waals surface area contributed by atoms with Crippen molar-refractivity contribution in [1.29, 1.82) is 0 Å². The molecule has 1 atom stereocenters. The molecule has 5 heteroatoms. The van der Waals surface area contributed by atoms with E-state index in [-0.39, 0.29) is 31.1 Å². The summed E-state index contributed by atoms with van der Waals surface area (Å²) in [6.07, 6.45) is 0.550. The molecule has 1 unspecified atom stereocenters. The zero-order valence-corrected chi connectivity index (χ0v) is 12.7. The number of nitrogens with one attached hydrogen (secondary N) is 1. The van der Waals surface area contributed by atoms with Crippen LogP contribution in [0.3, 0.4) is 0 Å². The Morgan fingerprint density at radius 2 is 2.10 bits per heavy atom. The lowest BCUT2D eigenvalue weighted by Crippen LogP contribution is -2.41. The second kappa shape index (κ2) is 8.95. The zero-order valence-electron chi connectivity index (χ0n) is 11.9. The fraction of sp³-hybridized carbons (Fsp3) is 0.533. The normalized spacial score (nSPS) is 12.4. The van der Waals surface area contributed by atoms with Crippen LogP contribution in [0, 0.1) is 5.92 Å². The number of hydrogen-bond acceptors (Lipinski definition) is 3. The van der Waals surface area contributed by atoms with Gasteiger partial charge in [0.05, 0.1) is 6.61 Å². The van der Waals surface area contributed by atoms with Gasteiger partial charge in [0.25, 0.3) is 0 Å². The molecule has 0 aliphatic rings. The minimum Gasteiger partial charge on any atom is -0.396 e. The number of aliphatic hydroxyl groups excluding tert-OH is 1. The molecule has 1 rings (SSSR count). The Morgan fingerprint density at radius 3 is 2.70 bits per heavy atom. The van der Waals surface area contributed by atoms with Crippen molar-refractivity contribution in [2.45, 2.75) is 32.9 Å². The summed E-state index contributed by atoms with van der Waals surface area (Å²) >= 11 is 6.00. The van der Waals surface area contributed by atoms with Gasteiger partial charge in [-0.1, -0.05) is 43.6 Å². The minimum absolute atomic E-state index is 0.0140. The van der Waals surface area contributed by atoms with Gasteiger partial charge in [-0.2, -0.15) is 0 Å². The van der Waals surface area contributed by atoms with Crippen LogP contribution in [0.1, 0.15) is 25.8 Å². The standard InChI is InChI=1S/C15H22ClNO3/c1-11(2)14(7-8-18)17-15(19)10-20-9-12-5-3-4-6-13(12)16/h3-6,11,14,18H,7-10H2,1-2H3,(H,17,19). The van der Waals surface area contributed by atoms with Gasteiger partial charge < -0.3 is 15.2 Å². The van der Waals surface area contributed by atoms with Crippen LogP contribution < -0.4 is 5.32 Å². The van der Waals surface area contributed by atoms with Gasteiger partial charge in [-0.25, -0.2) is 0 Å². The number of benzene rings is 1. The Morgan fingerprint density at radius 1 is 1.40 bits per heavy atom. The van der Waals surface area contributed by atoms with Crippen LogP contribution in [-0.2, 0) is 16.1 Å². The number of aliphatic hydroxyl groups is 1. The average molecular weight is 300 g/mol. The molecule has 20 heavy (non-hydrogen) atoms. The van der Waals surface area contributed by atoms with Gasteiger partial charge in [0.1, 0.15) is 6.61 Å². The minimum atomic E-state index is -0.177. The quantitative estimate of drug-likeness (QED) is 0.775. The molecule has 0 spiro atoms.